The summed E-state index contributed by atoms with van der Waals surface area (Å²) in [5.74, 6) is 1.94. The van der Waals surface area contributed by atoms with Gasteiger partial charge in [0.15, 0.2) is 22.1 Å². The summed E-state index contributed by atoms with van der Waals surface area (Å²) >= 11 is 5.34. The third-order valence-corrected chi connectivity index (χ3v) is 4.73. The van der Waals surface area contributed by atoms with E-state index in [0.717, 1.165) is 17.0 Å². The minimum absolute atomic E-state index is 0.116. The number of nitrogens with zero attached hydrogens (tertiary/aromatic N) is 2. The first-order chi connectivity index (χ1) is 13.6. The first-order valence-corrected chi connectivity index (χ1v) is 9.43. The largest absolute Gasteiger partial charge is 0.486 e. The molecule has 3 aromatic rings. The van der Waals surface area contributed by atoms with Crippen molar-refractivity contribution in [3.8, 4) is 22.9 Å². The van der Waals surface area contributed by atoms with E-state index in [0.29, 0.717) is 41.7 Å². The quantitative estimate of drug-likeness (QED) is 0.643. The molecule has 0 saturated heterocycles. The lowest BCUT2D eigenvalue weighted by molar-refractivity contribution is -0.116. The molecule has 0 aliphatic carbocycles. The first kappa shape index (κ1) is 18.2. The number of carbonyl (C=O) groups excluding carboxylic acids is 1. The molecule has 2 N–H and O–H groups in total. The maximum atomic E-state index is 12.4. The summed E-state index contributed by atoms with van der Waals surface area (Å²) in [7, 11) is 0. The summed E-state index contributed by atoms with van der Waals surface area (Å²) in [6.07, 6.45) is 0.265. The molecule has 0 atom stereocenters. The van der Waals surface area contributed by atoms with E-state index in [-0.39, 0.29) is 12.3 Å². The van der Waals surface area contributed by atoms with Gasteiger partial charge in [-0.2, -0.15) is 5.10 Å². The van der Waals surface area contributed by atoms with Crippen LogP contribution in [-0.2, 0) is 11.3 Å². The van der Waals surface area contributed by atoms with Crippen molar-refractivity contribution in [2.75, 3.05) is 18.5 Å². The van der Waals surface area contributed by atoms with Gasteiger partial charge in [0.2, 0.25) is 5.91 Å². The van der Waals surface area contributed by atoms with Gasteiger partial charge in [-0.1, -0.05) is 23.8 Å². The average molecular weight is 396 g/mol. The highest BCUT2D eigenvalue weighted by molar-refractivity contribution is 7.71. The van der Waals surface area contributed by atoms with E-state index in [1.165, 1.54) is 0 Å². The van der Waals surface area contributed by atoms with Crippen LogP contribution >= 0.6 is 12.2 Å². The minimum Gasteiger partial charge on any atom is -0.486 e. The Labute approximate surface area is 167 Å². The van der Waals surface area contributed by atoms with Crippen LogP contribution in [0.4, 0.5) is 5.69 Å². The Bertz CT molecular complexity index is 1070. The third-order valence-electron chi connectivity index (χ3n) is 4.42. The highest BCUT2D eigenvalue weighted by atomic mass is 32.1. The molecule has 0 radical (unpaired) electrons. The number of H-pyrrole nitrogens is 1. The van der Waals surface area contributed by atoms with E-state index >= 15 is 0 Å². The number of amides is 1. The van der Waals surface area contributed by atoms with E-state index in [1.54, 1.807) is 18.2 Å². The molecular formula is C20H20N4O3S. The molecule has 0 bridgehead atoms. The summed E-state index contributed by atoms with van der Waals surface area (Å²) in [6, 6.07) is 13.4. The second-order valence-corrected chi connectivity index (χ2v) is 6.92. The standard InChI is InChI=1S/C20H20N4O3S/c1-13-3-2-4-14(11-13)19-22-23-20(28)24(19)8-7-18(25)21-15-5-6-16-17(12-15)27-10-9-26-16/h2-6,11-12H,7-10H2,1H3,(H,21,25)(H,23,28). The van der Waals surface area contributed by atoms with Crippen molar-refractivity contribution in [3.63, 3.8) is 0 Å². The number of nitrogens with one attached hydrogen (secondary N) is 2. The van der Waals surface area contributed by atoms with Crippen molar-refractivity contribution in [1.29, 1.82) is 0 Å². The van der Waals surface area contributed by atoms with Crippen LogP contribution in [0.1, 0.15) is 12.0 Å². The molecule has 28 heavy (non-hydrogen) atoms. The molecule has 0 unspecified atom stereocenters. The molecule has 2 aromatic carbocycles. The molecule has 8 heteroatoms. The average Bonchev–Trinajstić information content (AvgIpc) is 3.07. The molecule has 0 saturated carbocycles. The van der Waals surface area contributed by atoms with Gasteiger partial charge in [0.25, 0.3) is 0 Å². The van der Waals surface area contributed by atoms with Crippen LogP contribution in [0, 0.1) is 11.7 Å². The Kier molecular flexibility index (Phi) is 5.12. The molecule has 4 rings (SSSR count). The molecule has 1 amide bonds. The maximum Gasteiger partial charge on any atom is 0.226 e. The molecule has 1 aliphatic heterocycles. The molecule has 0 fully saturated rings. The molecular weight excluding hydrogens is 376 g/mol. The normalized spacial score (nSPS) is 12.6. The van der Waals surface area contributed by atoms with Gasteiger partial charge in [0, 0.05) is 30.3 Å². The van der Waals surface area contributed by atoms with Crippen LogP contribution in [0.3, 0.4) is 0 Å². The number of ether oxygens (including phenoxy) is 2. The monoisotopic (exact) mass is 396 g/mol. The third kappa shape index (κ3) is 3.91. The zero-order valence-corrected chi connectivity index (χ0v) is 16.2. The van der Waals surface area contributed by atoms with E-state index in [1.807, 2.05) is 35.8 Å². The predicted molar refractivity (Wildman–Crippen MR) is 108 cm³/mol. The number of aryl methyl sites for hydroxylation is 1. The lowest BCUT2D eigenvalue weighted by Crippen LogP contribution is -2.17. The maximum absolute atomic E-state index is 12.4. The van der Waals surface area contributed by atoms with Crippen molar-refractivity contribution < 1.29 is 14.3 Å². The highest BCUT2D eigenvalue weighted by Gasteiger charge is 2.14. The number of benzene rings is 2. The zero-order chi connectivity index (χ0) is 19.5. The number of aromatic amines is 1. The Morgan fingerprint density at radius 3 is 2.86 bits per heavy atom. The number of carbonyl (C=O) groups is 1. The van der Waals surface area contributed by atoms with Crippen molar-refractivity contribution in [2.45, 2.75) is 19.9 Å². The number of aromatic nitrogens is 3. The number of fused-ring (bicyclic) bond motifs is 1. The molecule has 2 heterocycles. The number of rotatable bonds is 5. The van der Waals surface area contributed by atoms with Gasteiger partial charge < -0.3 is 14.8 Å². The molecule has 7 nitrogen and oxygen atoms in total. The smallest absolute Gasteiger partial charge is 0.226 e. The lowest BCUT2D eigenvalue weighted by atomic mass is 10.1. The van der Waals surface area contributed by atoms with Crippen molar-refractivity contribution >= 4 is 23.8 Å². The fourth-order valence-corrected chi connectivity index (χ4v) is 3.31. The Morgan fingerprint density at radius 1 is 1.21 bits per heavy atom. The van der Waals surface area contributed by atoms with Crippen LogP contribution in [0.2, 0.25) is 0 Å². The van der Waals surface area contributed by atoms with Crippen molar-refractivity contribution in [3.05, 3.63) is 52.8 Å². The van der Waals surface area contributed by atoms with E-state index in [9.17, 15) is 4.79 Å². The van der Waals surface area contributed by atoms with Gasteiger partial charge in [0.1, 0.15) is 13.2 Å². The molecule has 0 spiro atoms. The van der Waals surface area contributed by atoms with Crippen LogP contribution in [0.25, 0.3) is 11.4 Å². The second kappa shape index (κ2) is 7.85. The topological polar surface area (TPSA) is 81.2 Å². The van der Waals surface area contributed by atoms with Gasteiger partial charge in [-0.05, 0) is 37.3 Å². The highest BCUT2D eigenvalue weighted by Crippen LogP contribution is 2.32. The van der Waals surface area contributed by atoms with Gasteiger partial charge >= 0.3 is 0 Å². The van der Waals surface area contributed by atoms with Gasteiger partial charge in [-0.15, -0.1) is 0 Å². The SMILES string of the molecule is Cc1cccc(-c2n[nH]c(=S)n2CCC(=O)Nc2ccc3c(c2)OCCO3)c1. The van der Waals surface area contributed by atoms with E-state index < -0.39 is 0 Å². The number of anilines is 1. The van der Waals surface area contributed by atoms with Crippen LogP contribution in [0.5, 0.6) is 11.5 Å². The van der Waals surface area contributed by atoms with Gasteiger partial charge in [0.05, 0.1) is 0 Å². The van der Waals surface area contributed by atoms with Crippen molar-refractivity contribution in [1.82, 2.24) is 14.8 Å². The molecule has 1 aliphatic rings. The number of hydrogen-bond acceptors (Lipinski definition) is 5. The fraction of sp³-hybridized carbons (Fsp3) is 0.250. The summed E-state index contributed by atoms with van der Waals surface area (Å²) in [5.41, 5.74) is 2.76. The molecule has 1 aromatic heterocycles. The summed E-state index contributed by atoms with van der Waals surface area (Å²) < 4.78 is 13.4. The molecule has 144 valence electrons. The summed E-state index contributed by atoms with van der Waals surface area (Å²) in [4.78, 5) is 12.4. The second-order valence-electron chi connectivity index (χ2n) is 6.53. The van der Waals surface area contributed by atoms with Crippen LogP contribution < -0.4 is 14.8 Å². The van der Waals surface area contributed by atoms with Crippen molar-refractivity contribution in [2.24, 2.45) is 0 Å². The van der Waals surface area contributed by atoms with E-state index in [2.05, 4.69) is 15.5 Å². The zero-order valence-electron chi connectivity index (χ0n) is 15.4. The van der Waals surface area contributed by atoms with Gasteiger partial charge in [-0.25, -0.2) is 0 Å². The van der Waals surface area contributed by atoms with Crippen LogP contribution in [0.15, 0.2) is 42.5 Å². The van der Waals surface area contributed by atoms with Gasteiger partial charge in [-0.3, -0.25) is 14.5 Å². The van der Waals surface area contributed by atoms with E-state index in [4.69, 9.17) is 21.7 Å². The Balaban J connectivity index is 1.44. The summed E-state index contributed by atoms with van der Waals surface area (Å²) in [5, 5.41) is 10.0. The van der Waals surface area contributed by atoms with Crippen LogP contribution in [-0.4, -0.2) is 33.9 Å². The minimum atomic E-state index is -0.116. The Hall–Kier alpha value is -3.13. The predicted octanol–water partition coefficient (Wildman–Crippen LogP) is 3.72. The fourth-order valence-electron chi connectivity index (χ4n) is 3.09. The number of hydrogen-bond donors (Lipinski definition) is 2. The first-order valence-electron chi connectivity index (χ1n) is 9.02. The lowest BCUT2D eigenvalue weighted by Gasteiger charge is -2.19. The Morgan fingerprint density at radius 2 is 2.04 bits per heavy atom. The summed E-state index contributed by atoms with van der Waals surface area (Å²) in [6.45, 7) is 3.49.